The average Bonchev–Trinajstić information content (AvgIpc) is 2.52. The van der Waals surface area contributed by atoms with Crippen LogP contribution in [0.1, 0.15) is 44.9 Å². The minimum Gasteiger partial charge on any atom is -0.326 e. The average molecular weight is 322 g/mol. The normalized spacial score (nSPS) is 14.3. The summed E-state index contributed by atoms with van der Waals surface area (Å²) in [4.78, 5) is 23.4. The van der Waals surface area contributed by atoms with Gasteiger partial charge in [0.15, 0.2) is 0 Å². The third-order valence-electron chi connectivity index (χ3n) is 3.46. The fourth-order valence-electron chi connectivity index (χ4n) is 2.29. The fraction of sp³-hybridized carbons (Fsp3) is 0.438. The van der Waals surface area contributed by atoms with Crippen molar-refractivity contribution < 1.29 is 9.59 Å². The van der Waals surface area contributed by atoms with Crippen molar-refractivity contribution in [2.45, 2.75) is 44.9 Å². The number of hydrazone groups is 1. The molecule has 1 saturated carbocycles. The van der Waals surface area contributed by atoms with Crippen LogP contribution in [0.4, 0.5) is 5.69 Å². The van der Waals surface area contributed by atoms with Gasteiger partial charge in [0.05, 0.1) is 0 Å². The van der Waals surface area contributed by atoms with Gasteiger partial charge in [-0.1, -0.05) is 24.1 Å². The van der Waals surface area contributed by atoms with E-state index in [-0.39, 0.29) is 24.7 Å². The number of benzene rings is 1. The second-order valence-corrected chi connectivity index (χ2v) is 5.77. The number of rotatable bonds is 5. The van der Waals surface area contributed by atoms with Crippen LogP contribution < -0.4 is 10.7 Å². The minimum atomic E-state index is -0.237. The van der Waals surface area contributed by atoms with Gasteiger partial charge in [0.2, 0.25) is 11.8 Å². The summed E-state index contributed by atoms with van der Waals surface area (Å²) in [5, 5.41) is 7.38. The van der Waals surface area contributed by atoms with Crippen molar-refractivity contribution in [3.63, 3.8) is 0 Å². The smallest absolute Gasteiger partial charge is 0.240 e. The molecule has 0 aromatic heterocycles. The van der Waals surface area contributed by atoms with E-state index in [1.165, 1.54) is 6.42 Å². The second-order valence-electron chi connectivity index (χ2n) is 5.33. The van der Waals surface area contributed by atoms with Crippen LogP contribution in [0.25, 0.3) is 0 Å². The maximum atomic E-state index is 11.8. The lowest BCUT2D eigenvalue weighted by Gasteiger charge is -2.12. The molecule has 2 amide bonds. The van der Waals surface area contributed by atoms with Gasteiger partial charge < -0.3 is 5.32 Å². The molecule has 2 rings (SSSR count). The zero-order chi connectivity index (χ0) is 15.8. The van der Waals surface area contributed by atoms with Gasteiger partial charge in [-0.05, 0) is 43.9 Å². The Kier molecular flexibility index (Phi) is 6.40. The molecule has 0 saturated heterocycles. The van der Waals surface area contributed by atoms with Crippen molar-refractivity contribution >= 4 is 34.8 Å². The molecule has 22 heavy (non-hydrogen) atoms. The second kappa shape index (κ2) is 8.54. The van der Waals surface area contributed by atoms with Crippen LogP contribution in [0.5, 0.6) is 0 Å². The maximum Gasteiger partial charge on any atom is 0.240 e. The van der Waals surface area contributed by atoms with Gasteiger partial charge in [0.25, 0.3) is 0 Å². The SMILES string of the molecule is O=C(CCC(=O)Nc1cccc(Cl)c1)NN=C1CCCCC1. The molecule has 1 aromatic carbocycles. The number of amides is 2. The third kappa shape index (κ3) is 5.85. The number of nitrogens with one attached hydrogen (secondary N) is 2. The quantitative estimate of drug-likeness (QED) is 0.815. The molecule has 1 aliphatic carbocycles. The molecule has 0 spiro atoms. The third-order valence-corrected chi connectivity index (χ3v) is 3.69. The topological polar surface area (TPSA) is 70.6 Å². The lowest BCUT2D eigenvalue weighted by molar-refractivity contribution is -0.124. The molecular weight excluding hydrogens is 302 g/mol. The van der Waals surface area contributed by atoms with Gasteiger partial charge in [-0.2, -0.15) is 5.10 Å². The van der Waals surface area contributed by atoms with Crippen molar-refractivity contribution in [2.24, 2.45) is 5.10 Å². The highest BCUT2D eigenvalue weighted by molar-refractivity contribution is 6.30. The van der Waals surface area contributed by atoms with Gasteiger partial charge in [-0.15, -0.1) is 0 Å². The summed E-state index contributed by atoms with van der Waals surface area (Å²) in [5.41, 5.74) is 4.20. The highest BCUT2D eigenvalue weighted by atomic mass is 35.5. The van der Waals surface area contributed by atoms with Crippen LogP contribution in [0.2, 0.25) is 5.02 Å². The molecule has 6 heteroatoms. The number of halogens is 1. The zero-order valence-electron chi connectivity index (χ0n) is 12.4. The standard InChI is InChI=1S/C16H20ClN3O2/c17-12-5-4-8-14(11-12)18-15(21)9-10-16(22)20-19-13-6-2-1-3-7-13/h4-5,8,11H,1-3,6-7,9-10H2,(H,18,21)(H,20,22). The molecule has 0 heterocycles. The van der Waals surface area contributed by atoms with E-state index in [0.717, 1.165) is 31.4 Å². The first-order chi connectivity index (χ1) is 10.6. The van der Waals surface area contributed by atoms with E-state index >= 15 is 0 Å². The first-order valence-electron chi connectivity index (χ1n) is 7.53. The molecule has 0 atom stereocenters. The van der Waals surface area contributed by atoms with Crippen LogP contribution in [0.3, 0.4) is 0 Å². The van der Waals surface area contributed by atoms with E-state index in [9.17, 15) is 9.59 Å². The fourth-order valence-corrected chi connectivity index (χ4v) is 2.48. The lowest BCUT2D eigenvalue weighted by atomic mass is 9.99. The predicted molar refractivity (Wildman–Crippen MR) is 88.0 cm³/mol. The van der Waals surface area contributed by atoms with Crippen molar-refractivity contribution in [1.82, 2.24) is 5.43 Å². The summed E-state index contributed by atoms with van der Waals surface area (Å²) in [6, 6.07) is 6.90. The first-order valence-corrected chi connectivity index (χ1v) is 7.91. The zero-order valence-corrected chi connectivity index (χ0v) is 13.2. The largest absolute Gasteiger partial charge is 0.326 e. The highest BCUT2D eigenvalue weighted by Crippen LogP contribution is 2.15. The number of carbonyl (C=O) groups is 2. The van der Waals surface area contributed by atoms with Gasteiger partial charge in [0, 0.05) is 29.3 Å². The number of carbonyl (C=O) groups excluding carboxylic acids is 2. The van der Waals surface area contributed by atoms with E-state index in [2.05, 4.69) is 15.8 Å². The molecule has 2 N–H and O–H groups in total. The predicted octanol–water partition coefficient (Wildman–Crippen LogP) is 3.50. The number of anilines is 1. The Balaban J connectivity index is 1.70. The Labute approximate surface area is 135 Å². The molecule has 0 radical (unpaired) electrons. The van der Waals surface area contributed by atoms with Crippen molar-refractivity contribution in [1.29, 1.82) is 0 Å². The van der Waals surface area contributed by atoms with Gasteiger partial charge >= 0.3 is 0 Å². The molecule has 5 nitrogen and oxygen atoms in total. The van der Waals surface area contributed by atoms with Crippen LogP contribution in [0.15, 0.2) is 29.4 Å². The summed E-state index contributed by atoms with van der Waals surface area (Å²) in [7, 11) is 0. The Morgan fingerprint density at radius 3 is 2.55 bits per heavy atom. The Morgan fingerprint density at radius 1 is 1.09 bits per heavy atom. The van der Waals surface area contributed by atoms with E-state index < -0.39 is 0 Å². The van der Waals surface area contributed by atoms with Crippen LogP contribution in [-0.4, -0.2) is 17.5 Å². The summed E-state index contributed by atoms with van der Waals surface area (Å²) in [5.74, 6) is -0.456. The molecular formula is C16H20ClN3O2. The number of nitrogens with zero attached hydrogens (tertiary/aromatic N) is 1. The number of hydrogen-bond donors (Lipinski definition) is 2. The van der Waals surface area contributed by atoms with E-state index in [0.29, 0.717) is 10.7 Å². The van der Waals surface area contributed by atoms with Crippen molar-refractivity contribution in [3.8, 4) is 0 Å². The summed E-state index contributed by atoms with van der Waals surface area (Å²) < 4.78 is 0. The van der Waals surface area contributed by atoms with Crippen LogP contribution in [-0.2, 0) is 9.59 Å². The lowest BCUT2D eigenvalue weighted by Crippen LogP contribution is -2.22. The summed E-state index contributed by atoms with van der Waals surface area (Å²) in [6.07, 6.45) is 5.64. The van der Waals surface area contributed by atoms with E-state index in [1.54, 1.807) is 24.3 Å². The highest BCUT2D eigenvalue weighted by Gasteiger charge is 2.09. The molecule has 0 bridgehead atoms. The summed E-state index contributed by atoms with van der Waals surface area (Å²) in [6.45, 7) is 0. The number of hydrogen-bond acceptors (Lipinski definition) is 3. The van der Waals surface area contributed by atoms with Crippen LogP contribution in [0, 0.1) is 0 Å². The van der Waals surface area contributed by atoms with Gasteiger partial charge in [-0.3, -0.25) is 9.59 Å². The summed E-state index contributed by atoms with van der Waals surface area (Å²) >= 11 is 5.84. The molecule has 1 aromatic rings. The van der Waals surface area contributed by atoms with Gasteiger partial charge in [0.1, 0.15) is 0 Å². The van der Waals surface area contributed by atoms with Crippen LogP contribution >= 0.6 is 11.6 Å². The molecule has 118 valence electrons. The first kappa shape index (κ1) is 16.5. The van der Waals surface area contributed by atoms with Crippen molar-refractivity contribution in [2.75, 3.05) is 5.32 Å². The van der Waals surface area contributed by atoms with E-state index in [1.807, 2.05) is 0 Å². The monoisotopic (exact) mass is 321 g/mol. The maximum absolute atomic E-state index is 11.8. The molecule has 1 aliphatic rings. The minimum absolute atomic E-state index is 0.114. The Hall–Kier alpha value is -1.88. The van der Waals surface area contributed by atoms with Gasteiger partial charge in [-0.25, -0.2) is 5.43 Å². The van der Waals surface area contributed by atoms with E-state index in [4.69, 9.17) is 11.6 Å². The Morgan fingerprint density at radius 2 is 1.82 bits per heavy atom. The molecule has 1 fully saturated rings. The molecule has 0 unspecified atom stereocenters. The molecule has 0 aliphatic heterocycles. The Bertz CT molecular complexity index is 564. The van der Waals surface area contributed by atoms with Crippen molar-refractivity contribution in [3.05, 3.63) is 29.3 Å².